The fourth-order valence-electron chi connectivity index (χ4n) is 1.31. The highest BCUT2D eigenvalue weighted by atomic mass is 16.5. The number of nitrogens with zero attached hydrogens (tertiary/aromatic N) is 2. The van der Waals surface area contributed by atoms with E-state index in [9.17, 15) is 14.8 Å². The molecule has 0 bridgehead atoms. The summed E-state index contributed by atoms with van der Waals surface area (Å²) in [5.41, 5.74) is 0.243. The zero-order valence-electron chi connectivity index (χ0n) is 10.4. The summed E-state index contributed by atoms with van der Waals surface area (Å²) in [6.45, 7) is 4.90. The van der Waals surface area contributed by atoms with Crippen LogP contribution in [-0.4, -0.2) is 28.0 Å². The number of hydrogen-bond donors (Lipinski definition) is 2. The van der Waals surface area contributed by atoms with Gasteiger partial charge in [0.1, 0.15) is 6.04 Å². The molecule has 7 nitrogen and oxygen atoms in total. The third-order valence-electron chi connectivity index (χ3n) is 2.43. The van der Waals surface area contributed by atoms with Gasteiger partial charge in [-0.2, -0.15) is 4.73 Å². The average Bonchev–Trinajstić information content (AvgIpc) is 2.28. The molecular formula is C11H15N3O4. The first-order valence-corrected chi connectivity index (χ1v) is 5.42. The number of hydrogen-bond acceptors (Lipinski definition) is 4. The lowest BCUT2D eigenvalue weighted by atomic mass is 10.0. The predicted octanol–water partition coefficient (Wildman–Crippen LogP) is -0.138. The smallest absolute Gasteiger partial charge is 0.326 e. The van der Waals surface area contributed by atoms with Gasteiger partial charge in [0.25, 0.3) is 5.91 Å². The molecule has 1 rings (SSSR count). The van der Waals surface area contributed by atoms with Crippen LogP contribution in [0.3, 0.4) is 0 Å². The molecule has 1 heterocycles. The van der Waals surface area contributed by atoms with Crippen LogP contribution < -0.4 is 10.0 Å². The number of nitrogens with one attached hydrogen (secondary N) is 1. The molecular weight excluding hydrogens is 238 g/mol. The summed E-state index contributed by atoms with van der Waals surface area (Å²) in [5, 5.41) is 22.5. The molecule has 1 aromatic heterocycles. The molecule has 0 unspecified atom stereocenters. The zero-order valence-corrected chi connectivity index (χ0v) is 10.4. The summed E-state index contributed by atoms with van der Waals surface area (Å²) in [6, 6.07) is -1.01. The highest BCUT2D eigenvalue weighted by Crippen LogP contribution is 2.03. The van der Waals surface area contributed by atoms with Crippen LogP contribution in [0.15, 0.2) is 12.4 Å². The summed E-state index contributed by atoms with van der Waals surface area (Å²) in [5.74, 6) is -2.07. The van der Waals surface area contributed by atoms with Crippen LogP contribution >= 0.6 is 0 Å². The number of carbonyl (C=O) groups excluding carboxylic acids is 1. The molecule has 0 spiro atoms. The Labute approximate surface area is 104 Å². The summed E-state index contributed by atoms with van der Waals surface area (Å²) < 4.78 is 0.507. The SMILES string of the molecule is Cc1cnc(C(=O)N[C@@H](C(=O)O)C(C)C)c[n+]1[O-]. The Morgan fingerprint density at radius 1 is 1.50 bits per heavy atom. The van der Waals surface area contributed by atoms with Crippen LogP contribution in [0.5, 0.6) is 0 Å². The van der Waals surface area contributed by atoms with Crippen molar-refractivity contribution < 1.29 is 19.4 Å². The monoisotopic (exact) mass is 253 g/mol. The molecule has 2 N–H and O–H groups in total. The fourth-order valence-corrected chi connectivity index (χ4v) is 1.31. The van der Waals surface area contributed by atoms with Crippen molar-refractivity contribution in [3.8, 4) is 0 Å². The molecule has 7 heteroatoms. The third kappa shape index (κ3) is 3.16. The van der Waals surface area contributed by atoms with Gasteiger partial charge in [0.05, 0.1) is 6.20 Å². The topological polar surface area (TPSA) is 106 Å². The second kappa shape index (κ2) is 5.44. The summed E-state index contributed by atoms with van der Waals surface area (Å²) in [6.07, 6.45) is 2.27. The first kappa shape index (κ1) is 13.9. The maximum Gasteiger partial charge on any atom is 0.326 e. The van der Waals surface area contributed by atoms with Crippen molar-refractivity contribution >= 4 is 11.9 Å². The first-order valence-electron chi connectivity index (χ1n) is 5.42. The highest BCUT2D eigenvalue weighted by molar-refractivity contribution is 5.94. The zero-order chi connectivity index (χ0) is 13.9. The lowest BCUT2D eigenvalue weighted by Gasteiger charge is -2.17. The standard InChI is InChI=1S/C11H15N3O4/c1-6(2)9(11(16)17)13-10(15)8-5-14(18)7(3)4-12-8/h4-6,9H,1-3H3,(H,13,15)(H,16,17)/t9-/m1/s1. The number of aryl methyl sites for hydroxylation is 1. The van der Waals surface area contributed by atoms with E-state index in [-0.39, 0.29) is 11.6 Å². The van der Waals surface area contributed by atoms with Crippen molar-refractivity contribution in [3.05, 3.63) is 29.0 Å². The number of aliphatic carboxylic acids is 1. The van der Waals surface area contributed by atoms with Crippen molar-refractivity contribution in [3.63, 3.8) is 0 Å². The molecule has 0 aliphatic rings. The van der Waals surface area contributed by atoms with Gasteiger partial charge in [-0.3, -0.25) is 4.79 Å². The van der Waals surface area contributed by atoms with Crippen molar-refractivity contribution in [2.24, 2.45) is 5.92 Å². The Bertz CT molecular complexity index is 473. The molecule has 0 saturated carbocycles. The second-order valence-electron chi connectivity index (χ2n) is 4.27. The summed E-state index contributed by atoms with van der Waals surface area (Å²) in [7, 11) is 0. The van der Waals surface area contributed by atoms with Crippen LogP contribution in [0.25, 0.3) is 0 Å². The van der Waals surface area contributed by atoms with E-state index < -0.39 is 17.9 Å². The van der Waals surface area contributed by atoms with E-state index in [0.717, 1.165) is 6.20 Å². The van der Waals surface area contributed by atoms with Gasteiger partial charge in [-0.05, 0) is 5.92 Å². The minimum absolute atomic E-state index is 0.109. The third-order valence-corrected chi connectivity index (χ3v) is 2.43. The predicted molar refractivity (Wildman–Crippen MR) is 61.7 cm³/mol. The van der Waals surface area contributed by atoms with Gasteiger partial charge in [-0.15, -0.1) is 0 Å². The van der Waals surface area contributed by atoms with Gasteiger partial charge in [0.15, 0.2) is 5.69 Å². The maximum atomic E-state index is 11.7. The summed E-state index contributed by atoms with van der Waals surface area (Å²) in [4.78, 5) is 26.5. The number of carbonyl (C=O) groups is 2. The van der Waals surface area contributed by atoms with Crippen LogP contribution in [0.4, 0.5) is 0 Å². The maximum absolute atomic E-state index is 11.7. The van der Waals surface area contributed by atoms with Gasteiger partial charge in [0.2, 0.25) is 11.9 Å². The molecule has 1 aromatic rings. The molecule has 1 atom stereocenters. The number of carboxylic acids is 1. The van der Waals surface area contributed by atoms with Gasteiger partial charge in [-0.1, -0.05) is 13.8 Å². The van der Waals surface area contributed by atoms with E-state index in [0.29, 0.717) is 10.4 Å². The number of aromatic nitrogens is 2. The van der Waals surface area contributed by atoms with E-state index in [1.807, 2.05) is 0 Å². The van der Waals surface area contributed by atoms with E-state index in [4.69, 9.17) is 5.11 Å². The van der Waals surface area contributed by atoms with Crippen LogP contribution in [0.2, 0.25) is 0 Å². The number of amides is 1. The number of rotatable bonds is 4. The first-order chi connectivity index (χ1) is 8.32. The Hall–Kier alpha value is -2.18. The van der Waals surface area contributed by atoms with Gasteiger partial charge in [-0.25, -0.2) is 9.78 Å². The molecule has 1 amide bonds. The van der Waals surface area contributed by atoms with E-state index >= 15 is 0 Å². The van der Waals surface area contributed by atoms with E-state index in [2.05, 4.69) is 10.3 Å². The molecule has 0 aliphatic carbocycles. The fraction of sp³-hybridized carbons (Fsp3) is 0.455. The Morgan fingerprint density at radius 3 is 2.56 bits per heavy atom. The minimum Gasteiger partial charge on any atom is -0.618 e. The Kier molecular flexibility index (Phi) is 4.19. The van der Waals surface area contributed by atoms with Gasteiger partial charge >= 0.3 is 5.97 Å². The molecule has 0 radical (unpaired) electrons. The van der Waals surface area contributed by atoms with Crippen molar-refractivity contribution in [1.82, 2.24) is 10.3 Å². The van der Waals surface area contributed by atoms with E-state index in [1.54, 1.807) is 20.8 Å². The molecule has 0 saturated heterocycles. The van der Waals surface area contributed by atoms with Crippen molar-refractivity contribution in [1.29, 1.82) is 0 Å². The molecule has 0 aliphatic heterocycles. The molecule has 0 aromatic carbocycles. The second-order valence-corrected chi connectivity index (χ2v) is 4.27. The van der Waals surface area contributed by atoms with E-state index in [1.165, 1.54) is 6.20 Å². The quantitative estimate of drug-likeness (QED) is 0.574. The molecule has 18 heavy (non-hydrogen) atoms. The average molecular weight is 253 g/mol. The lowest BCUT2D eigenvalue weighted by molar-refractivity contribution is -0.613. The molecule has 0 fully saturated rings. The largest absolute Gasteiger partial charge is 0.618 e. The van der Waals surface area contributed by atoms with Crippen LogP contribution in [0.1, 0.15) is 30.0 Å². The van der Waals surface area contributed by atoms with Gasteiger partial charge < -0.3 is 15.6 Å². The van der Waals surface area contributed by atoms with Gasteiger partial charge in [0, 0.05) is 6.92 Å². The van der Waals surface area contributed by atoms with Crippen LogP contribution in [0, 0.1) is 18.0 Å². The number of carboxylic acid groups (broad SMARTS) is 1. The molecule has 98 valence electrons. The summed E-state index contributed by atoms with van der Waals surface area (Å²) >= 11 is 0. The minimum atomic E-state index is -1.12. The Balaban J connectivity index is 2.87. The normalized spacial score (nSPS) is 12.2. The Morgan fingerprint density at radius 2 is 2.11 bits per heavy atom. The lowest BCUT2D eigenvalue weighted by Crippen LogP contribution is -2.45. The highest BCUT2D eigenvalue weighted by Gasteiger charge is 2.25. The van der Waals surface area contributed by atoms with Crippen molar-refractivity contribution in [2.75, 3.05) is 0 Å². The van der Waals surface area contributed by atoms with Crippen molar-refractivity contribution in [2.45, 2.75) is 26.8 Å². The van der Waals surface area contributed by atoms with Crippen LogP contribution in [-0.2, 0) is 4.79 Å².